The SMILES string of the molecule is CCOC(=O)C(C)Sc1nnc(-c2ccc(OC)cc2)n1C1CCCCC1. The number of esters is 1. The van der Waals surface area contributed by atoms with E-state index in [0.717, 1.165) is 35.1 Å². The Morgan fingerprint density at radius 2 is 1.93 bits per heavy atom. The highest BCUT2D eigenvalue weighted by atomic mass is 32.2. The van der Waals surface area contributed by atoms with Gasteiger partial charge in [-0.15, -0.1) is 10.2 Å². The van der Waals surface area contributed by atoms with Gasteiger partial charge < -0.3 is 9.47 Å². The molecule has 3 rings (SSSR count). The standard InChI is InChI=1S/C20H27N3O3S/c1-4-26-19(24)14(2)27-20-22-21-18(15-10-12-17(25-3)13-11-15)23(20)16-8-6-5-7-9-16/h10-14,16H,4-9H2,1-3H3. The number of ether oxygens (including phenoxy) is 2. The molecule has 1 aromatic carbocycles. The Bertz CT molecular complexity index is 754. The van der Waals surface area contributed by atoms with Crippen LogP contribution in [0, 0.1) is 0 Å². The first-order valence-corrected chi connectivity index (χ1v) is 10.4. The van der Waals surface area contributed by atoms with Crippen LogP contribution in [-0.2, 0) is 9.53 Å². The lowest BCUT2D eigenvalue weighted by molar-refractivity contribution is -0.142. The molecule has 1 unspecified atom stereocenters. The third-order valence-electron chi connectivity index (χ3n) is 4.85. The van der Waals surface area contributed by atoms with Gasteiger partial charge in [-0.1, -0.05) is 31.0 Å². The van der Waals surface area contributed by atoms with E-state index >= 15 is 0 Å². The van der Waals surface area contributed by atoms with Gasteiger partial charge in [0.15, 0.2) is 11.0 Å². The molecule has 27 heavy (non-hydrogen) atoms. The molecule has 1 aromatic heterocycles. The second-order valence-corrected chi connectivity index (χ2v) is 8.02. The Morgan fingerprint density at radius 1 is 1.22 bits per heavy atom. The van der Waals surface area contributed by atoms with E-state index in [1.807, 2.05) is 38.1 Å². The van der Waals surface area contributed by atoms with Crippen molar-refractivity contribution in [1.29, 1.82) is 0 Å². The van der Waals surface area contributed by atoms with Crippen LogP contribution in [0.3, 0.4) is 0 Å². The molecule has 0 N–H and O–H groups in total. The summed E-state index contributed by atoms with van der Waals surface area (Å²) in [6.45, 7) is 4.06. The molecule has 1 heterocycles. The predicted octanol–water partition coefficient (Wildman–Crippen LogP) is 4.50. The second kappa shape index (κ2) is 9.26. The third-order valence-corrected chi connectivity index (χ3v) is 5.89. The molecule has 1 fully saturated rings. The van der Waals surface area contributed by atoms with Gasteiger partial charge in [-0.2, -0.15) is 0 Å². The van der Waals surface area contributed by atoms with Gasteiger partial charge >= 0.3 is 5.97 Å². The van der Waals surface area contributed by atoms with Gasteiger partial charge in [0, 0.05) is 11.6 Å². The Kier molecular flexibility index (Phi) is 6.77. The molecule has 1 saturated carbocycles. The van der Waals surface area contributed by atoms with E-state index in [1.165, 1.54) is 31.0 Å². The first kappa shape index (κ1) is 19.7. The van der Waals surface area contributed by atoms with Crippen molar-refractivity contribution in [3.05, 3.63) is 24.3 Å². The quantitative estimate of drug-likeness (QED) is 0.513. The summed E-state index contributed by atoms with van der Waals surface area (Å²) in [5.41, 5.74) is 1.00. The molecule has 146 valence electrons. The maximum atomic E-state index is 12.1. The molecule has 0 saturated heterocycles. The molecule has 7 heteroatoms. The lowest BCUT2D eigenvalue weighted by Gasteiger charge is -2.26. The zero-order chi connectivity index (χ0) is 19.2. The maximum absolute atomic E-state index is 12.1. The number of rotatable bonds is 7. The minimum absolute atomic E-state index is 0.216. The number of carbonyl (C=O) groups is 1. The molecule has 0 aliphatic heterocycles. The van der Waals surface area contributed by atoms with Crippen LogP contribution in [-0.4, -0.2) is 39.7 Å². The van der Waals surface area contributed by atoms with Crippen LogP contribution in [0.25, 0.3) is 11.4 Å². The summed E-state index contributed by atoms with van der Waals surface area (Å²) in [5, 5.41) is 9.37. The highest BCUT2D eigenvalue weighted by Gasteiger charge is 2.26. The molecule has 1 aliphatic carbocycles. The van der Waals surface area contributed by atoms with Gasteiger partial charge in [0.05, 0.1) is 13.7 Å². The van der Waals surface area contributed by atoms with Crippen molar-refractivity contribution in [3.63, 3.8) is 0 Å². The molecule has 0 amide bonds. The molecule has 1 aliphatic rings. The van der Waals surface area contributed by atoms with E-state index in [9.17, 15) is 4.79 Å². The Labute approximate surface area is 164 Å². The summed E-state index contributed by atoms with van der Waals surface area (Å²) in [6, 6.07) is 8.24. The van der Waals surface area contributed by atoms with Crippen molar-refractivity contribution >= 4 is 17.7 Å². The zero-order valence-electron chi connectivity index (χ0n) is 16.2. The number of hydrogen-bond donors (Lipinski definition) is 0. The average Bonchev–Trinajstić information content (AvgIpc) is 3.12. The molecule has 2 aromatic rings. The summed E-state index contributed by atoms with van der Waals surface area (Å²) in [7, 11) is 1.66. The molecular weight excluding hydrogens is 362 g/mol. The van der Waals surface area contributed by atoms with Gasteiger partial charge in [-0.05, 0) is 51.0 Å². The molecule has 1 atom stereocenters. The molecule has 0 spiro atoms. The summed E-state index contributed by atoms with van der Waals surface area (Å²) in [6.07, 6.45) is 5.92. The van der Waals surface area contributed by atoms with E-state index in [2.05, 4.69) is 14.8 Å². The monoisotopic (exact) mass is 389 g/mol. The number of benzene rings is 1. The Balaban J connectivity index is 1.93. The fraction of sp³-hybridized carbons (Fsp3) is 0.550. The first-order chi connectivity index (χ1) is 13.1. The summed E-state index contributed by atoms with van der Waals surface area (Å²) >= 11 is 1.43. The highest BCUT2D eigenvalue weighted by Crippen LogP contribution is 2.37. The number of thioether (sulfide) groups is 1. The number of aromatic nitrogens is 3. The van der Waals surface area contributed by atoms with Gasteiger partial charge in [-0.3, -0.25) is 9.36 Å². The maximum Gasteiger partial charge on any atom is 0.319 e. The van der Waals surface area contributed by atoms with Crippen LogP contribution < -0.4 is 4.74 Å². The zero-order valence-corrected chi connectivity index (χ0v) is 17.0. The van der Waals surface area contributed by atoms with E-state index in [-0.39, 0.29) is 11.2 Å². The smallest absolute Gasteiger partial charge is 0.319 e. The summed E-state index contributed by atoms with van der Waals surface area (Å²) < 4.78 is 12.6. The van der Waals surface area contributed by atoms with E-state index in [1.54, 1.807) is 7.11 Å². The van der Waals surface area contributed by atoms with Crippen molar-refractivity contribution in [2.75, 3.05) is 13.7 Å². The van der Waals surface area contributed by atoms with Crippen molar-refractivity contribution in [2.24, 2.45) is 0 Å². The molecule has 6 nitrogen and oxygen atoms in total. The third kappa shape index (κ3) is 4.64. The lowest BCUT2D eigenvalue weighted by Crippen LogP contribution is -2.19. The van der Waals surface area contributed by atoms with Gasteiger partial charge in [-0.25, -0.2) is 0 Å². The van der Waals surface area contributed by atoms with Crippen LogP contribution in [0.15, 0.2) is 29.4 Å². The summed E-state index contributed by atoms with van der Waals surface area (Å²) in [4.78, 5) is 12.1. The van der Waals surface area contributed by atoms with Gasteiger partial charge in [0.25, 0.3) is 0 Å². The van der Waals surface area contributed by atoms with Crippen LogP contribution in [0.4, 0.5) is 0 Å². The van der Waals surface area contributed by atoms with E-state index in [0.29, 0.717) is 12.6 Å². The lowest BCUT2D eigenvalue weighted by atomic mass is 9.95. The van der Waals surface area contributed by atoms with Crippen molar-refractivity contribution in [1.82, 2.24) is 14.8 Å². The number of hydrogen-bond acceptors (Lipinski definition) is 6. The van der Waals surface area contributed by atoms with Crippen molar-refractivity contribution < 1.29 is 14.3 Å². The Morgan fingerprint density at radius 3 is 2.56 bits per heavy atom. The number of carbonyl (C=O) groups excluding carboxylic acids is 1. The Hall–Kier alpha value is -2.02. The average molecular weight is 390 g/mol. The van der Waals surface area contributed by atoms with Crippen LogP contribution >= 0.6 is 11.8 Å². The van der Waals surface area contributed by atoms with E-state index in [4.69, 9.17) is 9.47 Å². The predicted molar refractivity (Wildman–Crippen MR) is 106 cm³/mol. The minimum Gasteiger partial charge on any atom is -0.497 e. The second-order valence-electron chi connectivity index (χ2n) is 6.71. The van der Waals surface area contributed by atoms with E-state index < -0.39 is 0 Å². The molecular formula is C20H27N3O3S. The van der Waals surface area contributed by atoms with Crippen molar-refractivity contribution in [2.45, 2.75) is 62.4 Å². The normalized spacial score (nSPS) is 16.1. The summed E-state index contributed by atoms with van der Waals surface area (Å²) in [5.74, 6) is 1.45. The van der Waals surface area contributed by atoms with Crippen LogP contribution in [0.5, 0.6) is 5.75 Å². The van der Waals surface area contributed by atoms with Crippen LogP contribution in [0.2, 0.25) is 0 Å². The number of methoxy groups -OCH3 is 1. The minimum atomic E-state index is -0.319. The fourth-order valence-corrected chi connectivity index (χ4v) is 4.35. The largest absolute Gasteiger partial charge is 0.497 e. The van der Waals surface area contributed by atoms with Crippen molar-refractivity contribution in [3.8, 4) is 17.1 Å². The van der Waals surface area contributed by atoms with Gasteiger partial charge in [0.2, 0.25) is 0 Å². The van der Waals surface area contributed by atoms with Gasteiger partial charge in [0.1, 0.15) is 11.0 Å². The van der Waals surface area contributed by atoms with Crippen LogP contribution in [0.1, 0.15) is 52.0 Å². The topological polar surface area (TPSA) is 66.2 Å². The molecule has 0 radical (unpaired) electrons. The number of nitrogens with zero attached hydrogens (tertiary/aromatic N) is 3. The first-order valence-electron chi connectivity index (χ1n) is 9.56. The fourth-order valence-electron chi connectivity index (χ4n) is 3.43. The molecule has 0 bridgehead atoms. The highest BCUT2D eigenvalue weighted by molar-refractivity contribution is 8.00.